The molecular weight excluding hydrogens is 440 g/mol. The summed E-state index contributed by atoms with van der Waals surface area (Å²) in [5.41, 5.74) is 0. The van der Waals surface area contributed by atoms with Crippen molar-refractivity contribution in [2.75, 3.05) is 0 Å². The monoisotopic (exact) mass is 486 g/mol. The summed E-state index contributed by atoms with van der Waals surface area (Å²) in [4.78, 5) is 45.9. The predicted octanol–water partition coefficient (Wildman–Crippen LogP) is 5.93. The van der Waals surface area contributed by atoms with E-state index in [4.69, 9.17) is 5.11 Å². The Morgan fingerprint density at radius 3 is 1.65 bits per heavy atom. The highest BCUT2D eigenvalue weighted by molar-refractivity contribution is 5.80. The minimum atomic E-state index is -1.24. The standard InChI is InChI=1S/C26H46O8/c1-4-6-8-9-12-19(11-7-5-2)18(3)15-16-22(26(33)34)21(25(31)32)14-10-13-20(24(29)30)17-23(27)28/h18-22H,4-17H2,1-3H3,(H,27,28)(H,29,30)(H,31,32)(H,33,34). The maximum atomic E-state index is 12.0. The van der Waals surface area contributed by atoms with Crippen LogP contribution in [0.1, 0.15) is 111 Å². The zero-order valence-corrected chi connectivity index (χ0v) is 21.2. The second kappa shape index (κ2) is 18.2. The SMILES string of the molecule is CCCCCCC(CCCC)C(C)CCC(C(=O)O)C(CCCC(CC(=O)O)C(=O)O)C(=O)O. The van der Waals surface area contributed by atoms with Crippen LogP contribution < -0.4 is 0 Å². The average Bonchev–Trinajstić information content (AvgIpc) is 2.75. The summed E-state index contributed by atoms with van der Waals surface area (Å²) in [6, 6.07) is 0. The van der Waals surface area contributed by atoms with E-state index in [1.54, 1.807) is 0 Å². The van der Waals surface area contributed by atoms with E-state index in [2.05, 4.69) is 20.8 Å². The molecule has 0 aliphatic rings. The third-order valence-corrected chi connectivity index (χ3v) is 7.05. The van der Waals surface area contributed by atoms with E-state index < -0.39 is 48.1 Å². The molecule has 0 aromatic rings. The van der Waals surface area contributed by atoms with Gasteiger partial charge in [0.1, 0.15) is 0 Å². The molecule has 8 nitrogen and oxygen atoms in total. The number of carbonyl (C=O) groups is 4. The Morgan fingerprint density at radius 2 is 1.15 bits per heavy atom. The minimum absolute atomic E-state index is 0.00497. The molecule has 198 valence electrons. The number of aliphatic carboxylic acids is 4. The van der Waals surface area contributed by atoms with Crippen molar-refractivity contribution in [3.05, 3.63) is 0 Å². The highest BCUT2D eigenvalue weighted by atomic mass is 16.4. The van der Waals surface area contributed by atoms with Gasteiger partial charge in [-0.2, -0.15) is 0 Å². The first-order valence-corrected chi connectivity index (χ1v) is 12.9. The highest BCUT2D eigenvalue weighted by Crippen LogP contribution is 2.32. The number of hydrogen-bond acceptors (Lipinski definition) is 4. The van der Waals surface area contributed by atoms with Crippen LogP contribution in [0.3, 0.4) is 0 Å². The Balaban J connectivity index is 5.07. The first kappa shape index (κ1) is 31.9. The van der Waals surface area contributed by atoms with Gasteiger partial charge in [-0.25, -0.2) is 0 Å². The maximum absolute atomic E-state index is 12.0. The Bertz CT molecular complexity index is 618. The molecule has 0 amide bonds. The van der Waals surface area contributed by atoms with Crippen LogP contribution in [-0.4, -0.2) is 44.3 Å². The second-order valence-electron chi connectivity index (χ2n) is 9.76. The van der Waals surface area contributed by atoms with E-state index in [1.807, 2.05) is 0 Å². The fourth-order valence-electron chi connectivity index (χ4n) is 4.79. The van der Waals surface area contributed by atoms with Gasteiger partial charge in [0, 0.05) is 0 Å². The fraction of sp³-hybridized carbons (Fsp3) is 0.846. The van der Waals surface area contributed by atoms with Gasteiger partial charge in [0.15, 0.2) is 0 Å². The lowest BCUT2D eigenvalue weighted by Crippen LogP contribution is -2.31. The van der Waals surface area contributed by atoms with Crippen molar-refractivity contribution in [1.29, 1.82) is 0 Å². The topological polar surface area (TPSA) is 149 Å². The van der Waals surface area contributed by atoms with Crippen molar-refractivity contribution in [2.24, 2.45) is 29.6 Å². The van der Waals surface area contributed by atoms with E-state index in [9.17, 15) is 34.5 Å². The summed E-state index contributed by atoms with van der Waals surface area (Å²) in [7, 11) is 0. The molecule has 4 N–H and O–H groups in total. The molecule has 0 fully saturated rings. The van der Waals surface area contributed by atoms with Crippen LogP contribution in [0.5, 0.6) is 0 Å². The number of unbranched alkanes of at least 4 members (excludes halogenated alkanes) is 4. The van der Waals surface area contributed by atoms with Gasteiger partial charge in [0.05, 0.1) is 24.2 Å². The first-order chi connectivity index (χ1) is 16.0. The molecule has 0 heterocycles. The highest BCUT2D eigenvalue weighted by Gasteiger charge is 2.34. The zero-order chi connectivity index (χ0) is 26.1. The van der Waals surface area contributed by atoms with Crippen molar-refractivity contribution in [3.63, 3.8) is 0 Å². The van der Waals surface area contributed by atoms with Gasteiger partial charge in [-0.1, -0.05) is 78.6 Å². The molecule has 0 saturated heterocycles. The van der Waals surface area contributed by atoms with Gasteiger partial charge in [0.25, 0.3) is 0 Å². The third kappa shape index (κ3) is 13.6. The summed E-state index contributed by atoms with van der Waals surface area (Å²) in [5.74, 6) is -7.29. The summed E-state index contributed by atoms with van der Waals surface area (Å²) in [6.45, 7) is 6.47. The molecule has 0 aromatic heterocycles. The second-order valence-corrected chi connectivity index (χ2v) is 9.76. The summed E-state index contributed by atoms with van der Waals surface area (Å²) < 4.78 is 0. The molecule has 5 unspecified atom stereocenters. The molecule has 34 heavy (non-hydrogen) atoms. The van der Waals surface area contributed by atoms with Crippen LogP contribution >= 0.6 is 0 Å². The van der Waals surface area contributed by atoms with Crippen LogP contribution in [0, 0.1) is 29.6 Å². The van der Waals surface area contributed by atoms with Gasteiger partial charge in [-0.05, 0) is 37.5 Å². The van der Waals surface area contributed by atoms with E-state index in [0.29, 0.717) is 18.3 Å². The van der Waals surface area contributed by atoms with E-state index >= 15 is 0 Å². The number of rotatable bonds is 22. The molecule has 0 rings (SSSR count). The van der Waals surface area contributed by atoms with E-state index in [-0.39, 0.29) is 25.7 Å². The van der Waals surface area contributed by atoms with Crippen molar-refractivity contribution in [3.8, 4) is 0 Å². The molecule has 0 aliphatic heterocycles. The number of carboxylic acid groups (broad SMARTS) is 4. The minimum Gasteiger partial charge on any atom is -0.481 e. The molecule has 0 radical (unpaired) electrons. The van der Waals surface area contributed by atoms with Gasteiger partial charge >= 0.3 is 23.9 Å². The van der Waals surface area contributed by atoms with Gasteiger partial charge < -0.3 is 20.4 Å². The van der Waals surface area contributed by atoms with E-state index in [1.165, 1.54) is 19.3 Å². The normalized spacial score (nSPS) is 15.7. The maximum Gasteiger partial charge on any atom is 0.307 e. The molecule has 0 saturated carbocycles. The van der Waals surface area contributed by atoms with Crippen LogP contribution in [-0.2, 0) is 19.2 Å². The average molecular weight is 487 g/mol. The van der Waals surface area contributed by atoms with Gasteiger partial charge in [0.2, 0.25) is 0 Å². The number of hydrogen-bond donors (Lipinski definition) is 4. The van der Waals surface area contributed by atoms with Crippen molar-refractivity contribution >= 4 is 23.9 Å². The molecular formula is C26H46O8. The number of carboxylic acids is 4. The van der Waals surface area contributed by atoms with Crippen LogP contribution in [0.4, 0.5) is 0 Å². The fourth-order valence-corrected chi connectivity index (χ4v) is 4.79. The van der Waals surface area contributed by atoms with Crippen LogP contribution in [0.25, 0.3) is 0 Å². The van der Waals surface area contributed by atoms with Crippen LogP contribution in [0.2, 0.25) is 0 Å². The molecule has 0 aliphatic carbocycles. The molecule has 0 spiro atoms. The van der Waals surface area contributed by atoms with Crippen molar-refractivity contribution in [2.45, 2.75) is 111 Å². The quantitative estimate of drug-likeness (QED) is 0.138. The smallest absolute Gasteiger partial charge is 0.307 e. The van der Waals surface area contributed by atoms with Crippen LogP contribution in [0.15, 0.2) is 0 Å². The summed E-state index contributed by atoms with van der Waals surface area (Å²) in [6.07, 6.45) is 9.74. The largest absolute Gasteiger partial charge is 0.481 e. The molecule has 0 aromatic carbocycles. The lowest BCUT2D eigenvalue weighted by Gasteiger charge is -2.27. The third-order valence-electron chi connectivity index (χ3n) is 7.05. The Morgan fingerprint density at radius 1 is 0.588 bits per heavy atom. The Labute approximate surface area is 204 Å². The van der Waals surface area contributed by atoms with Gasteiger partial charge in [-0.3, -0.25) is 19.2 Å². The Kier molecular flexibility index (Phi) is 17.1. The molecule has 0 bridgehead atoms. The van der Waals surface area contributed by atoms with E-state index in [0.717, 1.165) is 32.1 Å². The Hall–Kier alpha value is -2.12. The van der Waals surface area contributed by atoms with Gasteiger partial charge in [-0.15, -0.1) is 0 Å². The van der Waals surface area contributed by atoms with Crippen molar-refractivity contribution in [1.82, 2.24) is 0 Å². The lowest BCUT2D eigenvalue weighted by atomic mass is 9.78. The molecule has 5 atom stereocenters. The lowest BCUT2D eigenvalue weighted by molar-refractivity contribution is -0.154. The zero-order valence-electron chi connectivity index (χ0n) is 21.2. The van der Waals surface area contributed by atoms with Crippen molar-refractivity contribution < 1.29 is 39.6 Å². The summed E-state index contributed by atoms with van der Waals surface area (Å²) >= 11 is 0. The summed E-state index contributed by atoms with van der Waals surface area (Å²) in [5, 5.41) is 37.5. The molecule has 8 heteroatoms. The predicted molar refractivity (Wildman–Crippen MR) is 130 cm³/mol. The first-order valence-electron chi connectivity index (χ1n) is 12.9.